The molecule has 2 N–H and O–H groups in total. The predicted molar refractivity (Wildman–Crippen MR) is 71.6 cm³/mol. The van der Waals surface area contributed by atoms with Crippen LogP contribution in [0.25, 0.3) is 0 Å². The number of hydrogen-bond donors (Lipinski definition) is 2. The van der Waals surface area contributed by atoms with Crippen molar-refractivity contribution < 1.29 is 5.11 Å². The second-order valence-electron chi connectivity index (χ2n) is 4.23. The minimum Gasteiger partial charge on any atom is -0.387 e. The molecule has 1 aliphatic rings. The smallest absolute Gasteiger partial charge is 0.0929 e. The lowest BCUT2D eigenvalue weighted by atomic mass is 10.1. The topological polar surface area (TPSA) is 32.3 Å². The van der Waals surface area contributed by atoms with Gasteiger partial charge in [-0.2, -0.15) is 0 Å². The van der Waals surface area contributed by atoms with Crippen LogP contribution in [0.1, 0.15) is 24.5 Å². The Morgan fingerprint density at radius 1 is 1.29 bits per heavy atom. The van der Waals surface area contributed by atoms with Crippen LogP contribution in [0.5, 0.6) is 0 Å². The van der Waals surface area contributed by atoms with Crippen molar-refractivity contribution >= 4 is 23.2 Å². The molecule has 1 aromatic rings. The highest BCUT2D eigenvalue weighted by atomic mass is 35.5. The zero-order valence-corrected chi connectivity index (χ0v) is 10.9. The summed E-state index contributed by atoms with van der Waals surface area (Å²) in [5.41, 5.74) is 0.678. The first-order chi connectivity index (χ1) is 8.16. The van der Waals surface area contributed by atoms with Crippen LogP contribution < -0.4 is 5.32 Å². The third kappa shape index (κ3) is 3.46. The van der Waals surface area contributed by atoms with E-state index in [2.05, 4.69) is 17.5 Å². The highest BCUT2D eigenvalue weighted by Crippen LogP contribution is 2.26. The van der Waals surface area contributed by atoms with Gasteiger partial charge in [0.15, 0.2) is 0 Å². The molecular weight excluding hydrogens is 257 g/mol. The fourth-order valence-electron chi connectivity index (χ4n) is 1.94. The first-order valence-electron chi connectivity index (χ1n) is 5.68. The fourth-order valence-corrected chi connectivity index (χ4v) is 2.37. The SMILES string of the molecule is OC(CNC1CC=CC1)c1cc(Cl)ccc1Cl. The quantitative estimate of drug-likeness (QED) is 0.824. The molecule has 0 aliphatic heterocycles. The largest absolute Gasteiger partial charge is 0.387 e. The fraction of sp³-hybridized carbons (Fsp3) is 0.385. The molecular formula is C13H15Cl2NO. The second-order valence-corrected chi connectivity index (χ2v) is 5.07. The van der Waals surface area contributed by atoms with E-state index in [1.165, 1.54) is 0 Å². The van der Waals surface area contributed by atoms with Crippen molar-refractivity contribution in [2.24, 2.45) is 0 Å². The monoisotopic (exact) mass is 271 g/mol. The molecule has 1 aliphatic carbocycles. The van der Waals surface area contributed by atoms with Crippen molar-refractivity contribution in [1.29, 1.82) is 0 Å². The van der Waals surface area contributed by atoms with Gasteiger partial charge in [-0.05, 0) is 31.0 Å². The van der Waals surface area contributed by atoms with Crippen LogP contribution in [0, 0.1) is 0 Å². The third-order valence-electron chi connectivity index (χ3n) is 2.92. The Balaban J connectivity index is 1.94. The Labute approximate surface area is 111 Å². The summed E-state index contributed by atoms with van der Waals surface area (Å²) < 4.78 is 0. The Morgan fingerprint density at radius 2 is 2.00 bits per heavy atom. The maximum atomic E-state index is 10.1. The average Bonchev–Trinajstić information content (AvgIpc) is 2.82. The molecule has 0 heterocycles. The standard InChI is InChI=1S/C13H15Cl2NO/c14-9-5-6-12(15)11(7-9)13(17)8-16-10-3-1-2-4-10/h1-2,5-7,10,13,16-17H,3-4,8H2. The van der Waals surface area contributed by atoms with Gasteiger partial charge in [0.1, 0.15) is 0 Å². The van der Waals surface area contributed by atoms with Crippen LogP contribution >= 0.6 is 23.2 Å². The number of hydrogen-bond acceptors (Lipinski definition) is 2. The molecule has 0 saturated carbocycles. The molecule has 0 saturated heterocycles. The first kappa shape index (κ1) is 12.9. The van der Waals surface area contributed by atoms with E-state index >= 15 is 0 Å². The van der Waals surface area contributed by atoms with Crippen molar-refractivity contribution in [2.45, 2.75) is 25.0 Å². The summed E-state index contributed by atoms with van der Waals surface area (Å²) >= 11 is 11.9. The summed E-state index contributed by atoms with van der Waals surface area (Å²) in [4.78, 5) is 0. The molecule has 17 heavy (non-hydrogen) atoms. The summed E-state index contributed by atoms with van der Waals surface area (Å²) in [6.45, 7) is 0.492. The number of rotatable bonds is 4. The lowest BCUT2D eigenvalue weighted by Crippen LogP contribution is -2.30. The summed E-state index contributed by atoms with van der Waals surface area (Å²) in [5.74, 6) is 0. The minimum atomic E-state index is -0.623. The molecule has 92 valence electrons. The molecule has 4 heteroatoms. The van der Waals surface area contributed by atoms with Gasteiger partial charge in [0.25, 0.3) is 0 Å². The molecule has 0 radical (unpaired) electrons. The maximum absolute atomic E-state index is 10.1. The summed E-state index contributed by atoms with van der Waals surface area (Å²) in [6.07, 6.45) is 5.72. The Bertz CT molecular complexity index is 412. The number of benzene rings is 1. The molecule has 0 spiro atoms. The van der Waals surface area contributed by atoms with Crippen LogP contribution in [-0.4, -0.2) is 17.7 Å². The van der Waals surface area contributed by atoms with E-state index in [1.807, 2.05) is 0 Å². The van der Waals surface area contributed by atoms with E-state index in [1.54, 1.807) is 18.2 Å². The van der Waals surface area contributed by atoms with Crippen LogP contribution in [0.2, 0.25) is 10.0 Å². The third-order valence-corrected chi connectivity index (χ3v) is 3.50. The number of aliphatic hydroxyl groups excluding tert-OH is 1. The van der Waals surface area contributed by atoms with Gasteiger partial charge in [-0.15, -0.1) is 0 Å². The van der Waals surface area contributed by atoms with Crippen LogP contribution in [0.3, 0.4) is 0 Å². The van der Waals surface area contributed by atoms with Crippen LogP contribution in [-0.2, 0) is 0 Å². The van der Waals surface area contributed by atoms with E-state index in [0.717, 1.165) is 12.8 Å². The van der Waals surface area contributed by atoms with E-state index in [9.17, 15) is 5.11 Å². The number of aliphatic hydroxyl groups is 1. The Hall–Kier alpha value is -0.540. The van der Waals surface area contributed by atoms with Gasteiger partial charge < -0.3 is 10.4 Å². The van der Waals surface area contributed by atoms with Crippen molar-refractivity contribution in [3.05, 3.63) is 46.0 Å². The van der Waals surface area contributed by atoms with Crippen molar-refractivity contribution in [2.75, 3.05) is 6.54 Å². The molecule has 0 bridgehead atoms. The molecule has 2 rings (SSSR count). The van der Waals surface area contributed by atoms with Crippen LogP contribution in [0.15, 0.2) is 30.4 Å². The van der Waals surface area contributed by atoms with Gasteiger partial charge in [-0.1, -0.05) is 35.4 Å². The average molecular weight is 272 g/mol. The zero-order chi connectivity index (χ0) is 12.3. The lowest BCUT2D eigenvalue weighted by Gasteiger charge is -2.17. The molecule has 1 unspecified atom stereocenters. The van der Waals surface area contributed by atoms with Crippen LogP contribution in [0.4, 0.5) is 0 Å². The van der Waals surface area contributed by atoms with Gasteiger partial charge in [0.05, 0.1) is 6.10 Å². The van der Waals surface area contributed by atoms with E-state index in [0.29, 0.717) is 28.2 Å². The van der Waals surface area contributed by atoms with E-state index in [4.69, 9.17) is 23.2 Å². The summed E-state index contributed by atoms with van der Waals surface area (Å²) in [6, 6.07) is 5.57. The Morgan fingerprint density at radius 3 is 2.71 bits per heavy atom. The molecule has 0 amide bonds. The number of nitrogens with one attached hydrogen (secondary N) is 1. The highest BCUT2D eigenvalue weighted by Gasteiger charge is 2.15. The molecule has 1 aromatic carbocycles. The minimum absolute atomic E-state index is 0.433. The predicted octanol–water partition coefficient (Wildman–Crippen LogP) is 3.34. The summed E-state index contributed by atoms with van der Waals surface area (Å²) in [5, 5.41) is 14.5. The first-order valence-corrected chi connectivity index (χ1v) is 6.44. The van der Waals surface area contributed by atoms with E-state index in [-0.39, 0.29) is 0 Å². The van der Waals surface area contributed by atoms with Crippen molar-refractivity contribution in [3.63, 3.8) is 0 Å². The second kappa shape index (κ2) is 5.87. The summed E-state index contributed by atoms with van der Waals surface area (Å²) in [7, 11) is 0. The highest BCUT2D eigenvalue weighted by molar-refractivity contribution is 6.33. The lowest BCUT2D eigenvalue weighted by molar-refractivity contribution is 0.170. The maximum Gasteiger partial charge on any atom is 0.0929 e. The van der Waals surface area contributed by atoms with Gasteiger partial charge in [-0.25, -0.2) is 0 Å². The van der Waals surface area contributed by atoms with Gasteiger partial charge in [0, 0.05) is 28.2 Å². The number of halogens is 2. The van der Waals surface area contributed by atoms with Gasteiger partial charge in [-0.3, -0.25) is 0 Å². The molecule has 1 atom stereocenters. The van der Waals surface area contributed by atoms with Crippen molar-refractivity contribution in [3.8, 4) is 0 Å². The molecule has 2 nitrogen and oxygen atoms in total. The van der Waals surface area contributed by atoms with Gasteiger partial charge in [0.2, 0.25) is 0 Å². The van der Waals surface area contributed by atoms with Gasteiger partial charge >= 0.3 is 0 Å². The molecule has 0 aromatic heterocycles. The Kier molecular flexibility index (Phi) is 4.46. The molecule has 0 fully saturated rings. The van der Waals surface area contributed by atoms with E-state index < -0.39 is 6.10 Å². The van der Waals surface area contributed by atoms with Crippen molar-refractivity contribution in [1.82, 2.24) is 5.32 Å². The normalized spacial score (nSPS) is 17.6. The zero-order valence-electron chi connectivity index (χ0n) is 9.37.